The molecule has 1 aromatic heterocycles. The Morgan fingerprint density at radius 3 is 2.90 bits per heavy atom. The van der Waals surface area contributed by atoms with Crippen LogP contribution < -0.4 is 0 Å². The number of halogens is 1. The molecule has 20 heavy (non-hydrogen) atoms. The van der Waals surface area contributed by atoms with E-state index in [0.29, 0.717) is 13.0 Å². The molecule has 0 bridgehead atoms. The normalized spacial score (nSPS) is 21.2. The summed E-state index contributed by atoms with van der Waals surface area (Å²) in [6, 6.07) is 3.69. The van der Waals surface area contributed by atoms with Crippen LogP contribution in [0.5, 0.6) is 0 Å². The second-order valence-corrected chi connectivity index (χ2v) is 6.65. The summed E-state index contributed by atoms with van der Waals surface area (Å²) in [4.78, 5) is 17.5. The maximum absolute atomic E-state index is 12.7. The Kier molecular flexibility index (Phi) is 4.37. The summed E-state index contributed by atoms with van der Waals surface area (Å²) in [5.41, 5.74) is 1.01. The van der Waals surface area contributed by atoms with Gasteiger partial charge in [-0.15, -0.1) is 3.89 Å². The van der Waals surface area contributed by atoms with Crippen molar-refractivity contribution < 1.29 is 17.1 Å². The number of pyridine rings is 1. The summed E-state index contributed by atoms with van der Waals surface area (Å²) in [5.74, 6) is -1.14. The molecule has 1 fully saturated rings. The lowest BCUT2D eigenvalue weighted by Gasteiger charge is -2.24. The first-order chi connectivity index (χ1) is 9.35. The average Bonchev–Trinajstić information content (AvgIpc) is 2.69. The van der Waals surface area contributed by atoms with Gasteiger partial charge in [0, 0.05) is 37.3 Å². The number of carbonyl (C=O) groups is 1. The lowest BCUT2D eigenvalue weighted by atomic mass is 10.1. The predicted octanol–water partition coefficient (Wildman–Crippen LogP) is 1.16. The van der Waals surface area contributed by atoms with E-state index in [1.54, 1.807) is 17.3 Å². The Morgan fingerprint density at radius 2 is 2.30 bits per heavy atom. The third-order valence-electron chi connectivity index (χ3n) is 3.46. The van der Waals surface area contributed by atoms with Gasteiger partial charge in [-0.25, -0.2) is 0 Å². The lowest BCUT2D eigenvalue weighted by molar-refractivity contribution is -0.129. The zero-order valence-corrected chi connectivity index (χ0v) is 12.0. The Balaban J connectivity index is 1.97. The van der Waals surface area contributed by atoms with Crippen LogP contribution >= 0.6 is 0 Å². The highest BCUT2D eigenvalue weighted by molar-refractivity contribution is 7.86. The molecule has 1 aliphatic rings. The second kappa shape index (κ2) is 5.87. The third-order valence-corrected chi connectivity index (χ3v) is 4.33. The van der Waals surface area contributed by atoms with Gasteiger partial charge in [-0.2, -0.15) is 8.42 Å². The van der Waals surface area contributed by atoms with Gasteiger partial charge >= 0.3 is 10.2 Å². The molecule has 2 unspecified atom stereocenters. The molecule has 0 spiro atoms. The summed E-state index contributed by atoms with van der Waals surface area (Å²) in [6.07, 6.45) is 4.16. The summed E-state index contributed by atoms with van der Waals surface area (Å²) in [7, 11) is -4.53. The molecule has 7 heteroatoms. The molecule has 0 saturated carbocycles. The Hall–Kier alpha value is -1.50. The predicted molar refractivity (Wildman–Crippen MR) is 72.1 cm³/mol. The Morgan fingerprint density at radius 1 is 1.55 bits per heavy atom. The van der Waals surface area contributed by atoms with E-state index in [4.69, 9.17) is 0 Å². The highest BCUT2D eigenvalue weighted by Gasteiger charge is 2.35. The van der Waals surface area contributed by atoms with E-state index in [0.717, 1.165) is 5.56 Å². The van der Waals surface area contributed by atoms with Gasteiger partial charge in [0.25, 0.3) is 0 Å². The molecular formula is C13H17FN2O3S. The monoisotopic (exact) mass is 300 g/mol. The van der Waals surface area contributed by atoms with E-state index >= 15 is 0 Å². The van der Waals surface area contributed by atoms with E-state index in [9.17, 15) is 17.1 Å². The highest BCUT2D eigenvalue weighted by atomic mass is 32.3. The number of hydrogen-bond acceptors (Lipinski definition) is 4. The highest BCUT2D eigenvalue weighted by Crippen LogP contribution is 2.23. The fraction of sp³-hybridized carbons (Fsp3) is 0.538. The number of likely N-dealkylation sites (tertiary alicyclic amines) is 1. The van der Waals surface area contributed by atoms with E-state index in [2.05, 4.69) is 4.98 Å². The molecule has 1 amide bonds. The van der Waals surface area contributed by atoms with Gasteiger partial charge in [-0.05, 0) is 25.0 Å². The number of carbonyl (C=O) groups excluding carboxylic acids is 1. The van der Waals surface area contributed by atoms with Crippen LogP contribution in [0, 0.1) is 5.92 Å². The fourth-order valence-electron chi connectivity index (χ4n) is 2.60. The zero-order valence-electron chi connectivity index (χ0n) is 11.2. The van der Waals surface area contributed by atoms with Gasteiger partial charge in [-0.3, -0.25) is 9.78 Å². The molecule has 1 saturated heterocycles. The summed E-state index contributed by atoms with van der Waals surface area (Å²) >= 11 is 0. The minimum absolute atomic E-state index is 0.0565. The topological polar surface area (TPSA) is 67.3 Å². The van der Waals surface area contributed by atoms with Crippen LogP contribution in [-0.4, -0.2) is 42.5 Å². The third kappa shape index (κ3) is 4.00. The molecule has 2 atom stereocenters. The molecule has 1 aliphatic heterocycles. The Labute approximate surface area is 118 Å². The molecule has 0 N–H and O–H groups in total. The van der Waals surface area contributed by atoms with Crippen molar-refractivity contribution in [3.8, 4) is 0 Å². The number of rotatable bonds is 5. The Bertz CT molecular complexity index is 577. The maximum atomic E-state index is 12.7. The van der Waals surface area contributed by atoms with Crippen LogP contribution in [0.2, 0.25) is 0 Å². The first-order valence-corrected chi connectivity index (χ1v) is 8.01. The molecule has 2 rings (SSSR count). The molecule has 1 aromatic rings. The van der Waals surface area contributed by atoms with Crippen molar-refractivity contribution in [2.45, 2.75) is 25.8 Å². The van der Waals surface area contributed by atoms with Crippen LogP contribution in [0.3, 0.4) is 0 Å². The van der Waals surface area contributed by atoms with Crippen LogP contribution in [0.4, 0.5) is 3.89 Å². The summed E-state index contributed by atoms with van der Waals surface area (Å²) in [5, 5.41) is 0. The lowest BCUT2D eigenvalue weighted by Crippen LogP contribution is -2.36. The molecular weight excluding hydrogens is 283 g/mol. The van der Waals surface area contributed by atoms with Crippen molar-refractivity contribution in [1.29, 1.82) is 0 Å². The van der Waals surface area contributed by atoms with Crippen LogP contribution in [0.1, 0.15) is 18.9 Å². The molecule has 2 heterocycles. The van der Waals surface area contributed by atoms with Crippen molar-refractivity contribution in [1.82, 2.24) is 9.88 Å². The van der Waals surface area contributed by atoms with Crippen molar-refractivity contribution in [3.63, 3.8) is 0 Å². The standard InChI is InChI=1S/C13H17FN2O3S/c1-10(5-11-3-2-4-15-7-11)16-8-12(6-13(16)17)9-20(14,18)19/h2-4,7,10,12H,5-6,8-9H2,1H3. The number of nitrogens with zero attached hydrogens (tertiary/aromatic N) is 2. The number of aromatic nitrogens is 1. The van der Waals surface area contributed by atoms with Crippen LogP contribution in [0.25, 0.3) is 0 Å². The van der Waals surface area contributed by atoms with Crippen molar-refractivity contribution in [3.05, 3.63) is 30.1 Å². The smallest absolute Gasteiger partial charge is 0.302 e. The van der Waals surface area contributed by atoms with Gasteiger partial charge < -0.3 is 4.90 Å². The fourth-order valence-corrected chi connectivity index (χ4v) is 3.38. The maximum Gasteiger partial charge on any atom is 0.302 e. The van der Waals surface area contributed by atoms with E-state index in [1.165, 1.54) is 0 Å². The molecule has 110 valence electrons. The van der Waals surface area contributed by atoms with Crippen molar-refractivity contribution >= 4 is 16.1 Å². The van der Waals surface area contributed by atoms with Gasteiger partial charge in [0.2, 0.25) is 5.91 Å². The minimum Gasteiger partial charge on any atom is -0.339 e. The van der Waals surface area contributed by atoms with Crippen LogP contribution in [0.15, 0.2) is 24.5 Å². The number of hydrogen-bond donors (Lipinski definition) is 0. The number of amides is 1. The first-order valence-electron chi connectivity index (χ1n) is 6.46. The quantitative estimate of drug-likeness (QED) is 0.765. The largest absolute Gasteiger partial charge is 0.339 e. The zero-order chi connectivity index (χ0) is 14.8. The van der Waals surface area contributed by atoms with Gasteiger partial charge in [0.05, 0.1) is 5.75 Å². The average molecular weight is 300 g/mol. The summed E-state index contributed by atoms with van der Waals surface area (Å²) in [6.45, 7) is 2.20. The SMILES string of the molecule is CC(Cc1cccnc1)N1CC(CS(=O)(=O)F)CC1=O. The van der Waals surface area contributed by atoms with E-state index < -0.39 is 21.9 Å². The first kappa shape index (κ1) is 14.9. The summed E-state index contributed by atoms with van der Waals surface area (Å²) < 4.78 is 34.0. The van der Waals surface area contributed by atoms with Gasteiger partial charge in [0.15, 0.2) is 0 Å². The van der Waals surface area contributed by atoms with Gasteiger partial charge in [-0.1, -0.05) is 6.07 Å². The second-order valence-electron chi connectivity index (χ2n) is 5.24. The van der Waals surface area contributed by atoms with Crippen LogP contribution in [-0.2, 0) is 21.4 Å². The van der Waals surface area contributed by atoms with Gasteiger partial charge in [0.1, 0.15) is 0 Å². The van der Waals surface area contributed by atoms with Crippen molar-refractivity contribution in [2.24, 2.45) is 5.92 Å². The van der Waals surface area contributed by atoms with Crippen molar-refractivity contribution in [2.75, 3.05) is 12.3 Å². The van der Waals surface area contributed by atoms with E-state index in [-0.39, 0.29) is 18.4 Å². The molecule has 0 radical (unpaired) electrons. The van der Waals surface area contributed by atoms with E-state index in [1.807, 2.05) is 19.1 Å². The molecule has 0 aliphatic carbocycles. The minimum atomic E-state index is -4.53. The molecule has 0 aromatic carbocycles. The molecule has 5 nitrogen and oxygen atoms in total.